The highest BCUT2D eigenvalue weighted by Crippen LogP contribution is 2.01. The van der Waals surface area contributed by atoms with Crippen LogP contribution in [0.15, 0.2) is 0 Å². The first-order valence-electron chi connectivity index (χ1n) is 5.91. The maximum Gasteiger partial charge on any atom is 0.108 e. The Kier molecular flexibility index (Phi) is 8.35. The van der Waals surface area contributed by atoms with Gasteiger partial charge in [0.25, 0.3) is 0 Å². The van der Waals surface area contributed by atoms with Gasteiger partial charge in [-0.15, -0.1) is 0 Å². The van der Waals surface area contributed by atoms with Gasteiger partial charge in [-0.1, -0.05) is 20.8 Å². The Balaban J connectivity index is 3.71. The molecule has 0 spiro atoms. The molecule has 1 unspecified atom stereocenters. The Labute approximate surface area is 94.5 Å². The van der Waals surface area contributed by atoms with E-state index in [1.807, 2.05) is 0 Å². The van der Waals surface area contributed by atoms with Crippen molar-refractivity contribution in [2.75, 3.05) is 26.7 Å². The molecule has 0 rings (SSSR count). The summed E-state index contributed by atoms with van der Waals surface area (Å²) in [6.07, 6.45) is 2.27. The third kappa shape index (κ3) is 8.41. The molecule has 88 valence electrons. The van der Waals surface area contributed by atoms with E-state index in [1.54, 1.807) is 0 Å². The van der Waals surface area contributed by atoms with Crippen LogP contribution in [0.4, 0.5) is 0 Å². The van der Waals surface area contributed by atoms with Crippen LogP contribution in [0.5, 0.6) is 0 Å². The third-order valence-electron chi connectivity index (χ3n) is 2.38. The van der Waals surface area contributed by atoms with E-state index in [4.69, 9.17) is 5.26 Å². The number of hydrogen-bond acceptors (Lipinski definition) is 3. The molecule has 0 fully saturated rings. The van der Waals surface area contributed by atoms with Crippen LogP contribution in [0.1, 0.15) is 33.6 Å². The van der Waals surface area contributed by atoms with Crippen LogP contribution in [-0.4, -0.2) is 37.6 Å². The second-order valence-corrected chi connectivity index (χ2v) is 4.58. The first kappa shape index (κ1) is 14.4. The molecule has 0 saturated heterocycles. The first-order chi connectivity index (χ1) is 7.10. The zero-order chi connectivity index (χ0) is 11.7. The predicted octanol–water partition coefficient (Wildman–Crippen LogP) is 1.86. The van der Waals surface area contributed by atoms with E-state index >= 15 is 0 Å². The Morgan fingerprint density at radius 3 is 2.53 bits per heavy atom. The first-order valence-corrected chi connectivity index (χ1v) is 5.91. The highest BCUT2D eigenvalue weighted by molar-refractivity contribution is 4.91. The van der Waals surface area contributed by atoms with Gasteiger partial charge in [0.2, 0.25) is 0 Å². The van der Waals surface area contributed by atoms with Crippen molar-refractivity contribution in [2.24, 2.45) is 5.92 Å². The van der Waals surface area contributed by atoms with Crippen LogP contribution in [0.25, 0.3) is 0 Å². The fourth-order valence-electron chi connectivity index (χ4n) is 1.35. The maximum absolute atomic E-state index is 8.94. The number of rotatable bonds is 8. The van der Waals surface area contributed by atoms with Crippen molar-refractivity contribution < 1.29 is 0 Å². The molecule has 0 aromatic heterocycles. The molecule has 0 bridgehead atoms. The average Bonchev–Trinajstić information content (AvgIpc) is 2.21. The lowest BCUT2D eigenvalue weighted by Crippen LogP contribution is -2.39. The molecular weight excluding hydrogens is 186 g/mol. The summed E-state index contributed by atoms with van der Waals surface area (Å²) in [7, 11) is 2.08. The fraction of sp³-hybridized carbons (Fsp3) is 0.917. The molecule has 0 radical (unpaired) electrons. The van der Waals surface area contributed by atoms with E-state index in [9.17, 15) is 0 Å². The lowest BCUT2D eigenvalue weighted by atomic mass is 10.1. The van der Waals surface area contributed by atoms with Gasteiger partial charge >= 0.3 is 0 Å². The third-order valence-corrected chi connectivity index (χ3v) is 2.38. The van der Waals surface area contributed by atoms with Crippen LogP contribution in [0.2, 0.25) is 0 Å². The smallest absolute Gasteiger partial charge is 0.108 e. The monoisotopic (exact) mass is 211 g/mol. The molecule has 3 nitrogen and oxygen atoms in total. The van der Waals surface area contributed by atoms with Crippen molar-refractivity contribution in [1.29, 1.82) is 5.26 Å². The topological polar surface area (TPSA) is 39.1 Å². The normalized spacial score (nSPS) is 13.1. The summed E-state index contributed by atoms with van der Waals surface area (Å²) >= 11 is 0. The van der Waals surface area contributed by atoms with Crippen LogP contribution >= 0.6 is 0 Å². The average molecular weight is 211 g/mol. The molecule has 0 aliphatic rings. The van der Waals surface area contributed by atoms with Crippen molar-refractivity contribution >= 4 is 0 Å². The van der Waals surface area contributed by atoms with Gasteiger partial charge in [0.1, 0.15) is 6.04 Å². The van der Waals surface area contributed by atoms with Crippen LogP contribution < -0.4 is 5.32 Å². The molecule has 0 amide bonds. The molecule has 15 heavy (non-hydrogen) atoms. The van der Waals surface area contributed by atoms with E-state index in [0.29, 0.717) is 0 Å². The minimum atomic E-state index is -0.0258. The van der Waals surface area contributed by atoms with E-state index in [2.05, 4.69) is 44.1 Å². The molecule has 3 heteroatoms. The predicted molar refractivity (Wildman–Crippen MR) is 64.6 cm³/mol. The molecule has 1 atom stereocenters. The zero-order valence-corrected chi connectivity index (χ0v) is 10.6. The minimum Gasteiger partial charge on any atom is -0.304 e. The van der Waals surface area contributed by atoms with Crippen molar-refractivity contribution in [3.05, 3.63) is 0 Å². The molecule has 0 saturated carbocycles. The van der Waals surface area contributed by atoms with Gasteiger partial charge in [0.15, 0.2) is 0 Å². The second kappa shape index (κ2) is 8.70. The minimum absolute atomic E-state index is 0.0258. The van der Waals surface area contributed by atoms with Crippen LogP contribution in [-0.2, 0) is 0 Å². The van der Waals surface area contributed by atoms with Gasteiger partial charge in [0.05, 0.1) is 6.07 Å². The van der Waals surface area contributed by atoms with Gasteiger partial charge in [-0.05, 0) is 38.9 Å². The maximum atomic E-state index is 8.94. The van der Waals surface area contributed by atoms with E-state index in [1.165, 1.54) is 6.42 Å². The molecule has 1 N–H and O–H groups in total. The SMILES string of the molecule is CCCNC(C#N)CN(C)CCC(C)C. The summed E-state index contributed by atoms with van der Waals surface area (Å²) < 4.78 is 0. The highest BCUT2D eigenvalue weighted by Gasteiger charge is 2.09. The molecular formula is C12H25N3. The summed E-state index contributed by atoms with van der Waals surface area (Å²) in [5.41, 5.74) is 0. The zero-order valence-electron chi connectivity index (χ0n) is 10.6. The summed E-state index contributed by atoms with van der Waals surface area (Å²) in [6, 6.07) is 2.28. The number of nitrogens with zero attached hydrogens (tertiary/aromatic N) is 2. The number of nitriles is 1. The van der Waals surface area contributed by atoms with Gasteiger partial charge in [-0.25, -0.2) is 0 Å². The van der Waals surface area contributed by atoms with Gasteiger partial charge in [-0.3, -0.25) is 0 Å². The lowest BCUT2D eigenvalue weighted by Gasteiger charge is -2.21. The molecule has 0 heterocycles. The van der Waals surface area contributed by atoms with Crippen molar-refractivity contribution in [3.63, 3.8) is 0 Å². The fourth-order valence-corrected chi connectivity index (χ4v) is 1.35. The van der Waals surface area contributed by atoms with Crippen molar-refractivity contribution in [2.45, 2.75) is 39.7 Å². The second-order valence-electron chi connectivity index (χ2n) is 4.58. The van der Waals surface area contributed by atoms with Crippen molar-refractivity contribution in [1.82, 2.24) is 10.2 Å². The quantitative estimate of drug-likeness (QED) is 0.666. The number of hydrogen-bond donors (Lipinski definition) is 1. The summed E-state index contributed by atoms with van der Waals surface area (Å²) in [5.74, 6) is 0.733. The largest absolute Gasteiger partial charge is 0.304 e. The van der Waals surface area contributed by atoms with Crippen LogP contribution in [0, 0.1) is 17.2 Å². The highest BCUT2D eigenvalue weighted by atomic mass is 15.1. The van der Waals surface area contributed by atoms with E-state index < -0.39 is 0 Å². The Bertz CT molecular complexity index is 184. The number of nitrogens with one attached hydrogen (secondary N) is 1. The van der Waals surface area contributed by atoms with Crippen molar-refractivity contribution in [3.8, 4) is 6.07 Å². The van der Waals surface area contributed by atoms with E-state index in [-0.39, 0.29) is 6.04 Å². The number of likely N-dealkylation sites (N-methyl/N-ethyl adjacent to an activating group) is 1. The van der Waals surface area contributed by atoms with Gasteiger partial charge < -0.3 is 10.2 Å². The van der Waals surface area contributed by atoms with E-state index in [0.717, 1.165) is 32.0 Å². The van der Waals surface area contributed by atoms with Crippen LogP contribution in [0.3, 0.4) is 0 Å². The molecule has 0 aromatic rings. The summed E-state index contributed by atoms with van der Waals surface area (Å²) in [4.78, 5) is 2.23. The van der Waals surface area contributed by atoms with Gasteiger partial charge in [0, 0.05) is 6.54 Å². The molecule has 0 aliphatic heterocycles. The Morgan fingerprint density at radius 2 is 2.07 bits per heavy atom. The summed E-state index contributed by atoms with van der Waals surface area (Å²) in [5, 5.41) is 12.2. The lowest BCUT2D eigenvalue weighted by molar-refractivity contribution is 0.292. The Morgan fingerprint density at radius 1 is 1.40 bits per heavy atom. The Hall–Kier alpha value is -0.590. The molecule has 0 aliphatic carbocycles. The molecule has 0 aromatic carbocycles. The van der Waals surface area contributed by atoms with Gasteiger partial charge in [-0.2, -0.15) is 5.26 Å². The summed E-state index contributed by atoms with van der Waals surface area (Å²) in [6.45, 7) is 9.39. The standard InChI is InChI=1S/C12H25N3/c1-5-7-14-12(9-13)10-15(4)8-6-11(2)3/h11-12,14H,5-8,10H2,1-4H3.